The van der Waals surface area contributed by atoms with E-state index in [0.29, 0.717) is 35.5 Å². The van der Waals surface area contributed by atoms with E-state index in [-0.39, 0.29) is 0 Å². The Morgan fingerprint density at radius 3 is 0.727 bits per heavy atom. The first-order valence-corrected chi connectivity index (χ1v) is 50.2. The molecule has 0 bridgehead atoms. The summed E-state index contributed by atoms with van der Waals surface area (Å²) in [5.41, 5.74) is 23.6. The first-order valence-electron chi connectivity index (χ1n) is 47.8. The predicted octanol–water partition coefficient (Wildman–Crippen LogP) is 34.4. The molecule has 0 aliphatic carbocycles. The van der Waals surface area contributed by atoms with E-state index in [9.17, 15) is 0 Å². The molecule has 0 fully saturated rings. The van der Waals surface area contributed by atoms with Crippen LogP contribution in [0.3, 0.4) is 0 Å². The van der Waals surface area contributed by atoms with Crippen LogP contribution < -0.4 is 0 Å². The second-order valence-corrected chi connectivity index (χ2v) is 39.2. The molecule has 11 heteroatoms. The third-order valence-corrected chi connectivity index (χ3v) is 31.9. The Balaban J connectivity index is 0.785. The van der Waals surface area contributed by atoms with Crippen LogP contribution in [0, 0.1) is 35.5 Å². The van der Waals surface area contributed by atoms with Gasteiger partial charge in [0, 0.05) is 168 Å². The van der Waals surface area contributed by atoms with Gasteiger partial charge in [-0.15, -0.1) is 22.7 Å². The highest BCUT2D eigenvalue weighted by Gasteiger charge is 2.34. The lowest BCUT2D eigenvalue weighted by atomic mass is 9.98. The third kappa shape index (κ3) is 14.9. The van der Waals surface area contributed by atoms with Crippen molar-refractivity contribution in [1.29, 1.82) is 0 Å². The van der Waals surface area contributed by atoms with Gasteiger partial charge < -0.3 is 27.4 Å². The molecule has 0 saturated heterocycles. The Labute approximate surface area is 730 Å². The standard InChI is InChI=1S/C110H130N8S3/c1-13-25-39-71(19-7)65-113-87-49-35-31-45-79(87)99-105(113)97-81-47-33-37-51-89(81)115(67-73(21-9)41-27-15-3)107(97)101-85-63-77(53-57-91(85)117(109(99)101)69-75(23-11)43-29-17-5)93-59-61-95(119-93)83-55-56-84(104-103(83)111-121-112-104)96-62-60-94(120-96)78-54-58-92-86(64-78)102-108-98(82-48-34-38-52-90(82)116(108)68-74(22-10)42-28-16-4)106-100(110(102)118(92)70-76(24-12)44-30-18-6)80-46-32-36-50-88(80)114(106)66-72(20-8)40-26-14-2/h31-38,45-64,71-76H,13-30,39-44,65-70H2,1-12H3. The summed E-state index contributed by atoms with van der Waals surface area (Å²) in [6.45, 7) is 34.9. The number of hydrogen-bond acceptors (Lipinski definition) is 5. The molecule has 18 rings (SSSR count). The number of thiophene rings is 2. The fourth-order valence-corrected chi connectivity index (χ4v) is 24.6. The summed E-state index contributed by atoms with van der Waals surface area (Å²) in [6, 6.07) is 67.6. The lowest BCUT2D eigenvalue weighted by Gasteiger charge is -2.20. The van der Waals surface area contributed by atoms with Crippen LogP contribution in [0.4, 0.5) is 0 Å². The highest BCUT2D eigenvalue weighted by Crippen LogP contribution is 2.54. The topological polar surface area (TPSA) is 55.4 Å². The van der Waals surface area contributed by atoms with Gasteiger partial charge in [0.1, 0.15) is 11.0 Å². The van der Waals surface area contributed by atoms with E-state index in [1.54, 1.807) is 0 Å². The molecular formula is C110H130N8S3. The molecule has 0 spiro atoms. The van der Waals surface area contributed by atoms with Crippen molar-refractivity contribution in [1.82, 2.24) is 36.1 Å². The summed E-state index contributed by atoms with van der Waals surface area (Å²) in [5, 5.41) is 16.9. The number of unbranched alkanes of at least 4 members (excludes halogenated alkanes) is 6. The van der Waals surface area contributed by atoms with Crippen LogP contribution in [0.25, 0.3) is 184 Å². The highest BCUT2D eigenvalue weighted by molar-refractivity contribution is 7.19. The summed E-state index contributed by atoms with van der Waals surface area (Å²) < 4.78 is 27.5. The first-order chi connectivity index (χ1) is 59.5. The Kier molecular flexibility index (Phi) is 25.0. The molecule has 0 N–H and O–H groups in total. The number of rotatable bonds is 40. The molecule has 0 aliphatic heterocycles. The second-order valence-electron chi connectivity index (χ2n) is 36.5. The largest absolute Gasteiger partial charge is 0.340 e. The van der Waals surface area contributed by atoms with Gasteiger partial charge in [0.15, 0.2) is 0 Å². The van der Waals surface area contributed by atoms with Crippen LogP contribution in [-0.2, 0) is 39.3 Å². The van der Waals surface area contributed by atoms with Crippen molar-refractivity contribution < 1.29 is 0 Å². The van der Waals surface area contributed by atoms with Gasteiger partial charge in [-0.05, 0) is 158 Å². The average Bonchev–Trinajstić information content (AvgIpc) is 1.52. The van der Waals surface area contributed by atoms with Crippen LogP contribution in [-0.4, -0.2) is 36.1 Å². The molecular weight excluding hydrogens is 1530 g/mol. The van der Waals surface area contributed by atoms with E-state index in [0.717, 1.165) is 87.1 Å². The maximum absolute atomic E-state index is 5.23. The fourth-order valence-electron chi connectivity index (χ4n) is 22.0. The van der Waals surface area contributed by atoms with Crippen LogP contribution in [0.1, 0.15) is 237 Å². The SMILES string of the molecule is CCCCC(CC)Cn1c2ccccc2c2c1c1c3ccccc3n(CC(CC)CCCC)c1c1c3cc(-c4ccc(-c5ccc(-c6ccc(-c7ccc8c(c7)c7c9c(c%10ccccc%10n9CC(CC)CCCC)c9c(c%10ccccc%10n9CC(CC)CCCC)c7n8CC(CC)CCCC)s6)c6nsnc56)s4)ccc3n(CC(CC)CCCC)c21. The number of aromatic nitrogens is 8. The minimum absolute atomic E-state index is 0.553. The van der Waals surface area contributed by atoms with E-state index >= 15 is 0 Å². The third-order valence-electron chi connectivity index (χ3n) is 29.1. The molecule has 9 aromatic carbocycles. The number of fused-ring (bicyclic) bond motifs is 25. The maximum Gasteiger partial charge on any atom is 0.114 e. The smallest absolute Gasteiger partial charge is 0.114 e. The highest BCUT2D eigenvalue weighted by atomic mass is 32.1. The molecule has 6 unspecified atom stereocenters. The van der Waals surface area contributed by atoms with Crippen molar-refractivity contribution in [3.05, 3.63) is 170 Å². The van der Waals surface area contributed by atoms with Crippen LogP contribution in [0.5, 0.6) is 0 Å². The Morgan fingerprint density at radius 1 is 0.248 bits per heavy atom. The van der Waals surface area contributed by atoms with Gasteiger partial charge in [-0.3, -0.25) is 0 Å². The molecule has 8 nitrogen and oxygen atoms in total. The van der Waals surface area contributed by atoms with Crippen molar-refractivity contribution >= 4 is 176 Å². The molecule has 18 aromatic rings. The van der Waals surface area contributed by atoms with E-state index in [1.165, 1.54) is 302 Å². The van der Waals surface area contributed by atoms with Gasteiger partial charge in [0.25, 0.3) is 0 Å². The molecule has 0 saturated carbocycles. The van der Waals surface area contributed by atoms with Crippen LogP contribution in [0.15, 0.2) is 170 Å². The Bertz CT molecular complexity index is 6260. The van der Waals surface area contributed by atoms with Crippen molar-refractivity contribution in [3.63, 3.8) is 0 Å². The summed E-state index contributed by atoms with van der Waals surface area (Å²) >= 11 is 5.15. The quantitative estimate of drug-likeness (QED) is 0.0384. The van der Waals surface area contributed by atoms with Crippen molar-refractivity contribution in [3.8, 4) is 41.8 Å². The number of nitrogens with zero attached hydrogens (tertiary/aromatic N) is 8. The molecule has 0 amide bonds. The lowest BCUT2D eigenvalue weighted by Crippen LogP contribution is -2.12. The Hall–Kier alpha value is -9.00. The zero-order valence-electron chi connectivity index (χ0n) is 74.6. The van der Waals surface area contributed by atoms with Gasteiger partial charge >= 0.3 is 0 Å². The minimum atomic E-state index is 0.553. The van der Waals surface area contributed by atoms with Crippen LogP contribution >= 0.6 is 34.4 Å². The van der Waals surface area contributed by atoms with E-state index in [2.05, 4.69) is 280 Å². The summed E-state index contributed by atoms with van der Waals surface area (Å²) in [5.74, 6) is 3.41. The predicted molar refractivity (Wildman–Crippen MR) is 533 cm³/mol. The second kappa shape index (κ2) is 36.4. The molecule has 0 radical (unpaired) electrons. The van der Waals surface area contributed by atoms with Gasteiger partial charge in [-0.1, -0.05) is 296 Å². The molecule has 121 heavy (non-hydrogen) atoms. The number of hydrogen-bond donors (Lipinski definition) is 0. The summed E-state index contributed by atoms with van der Waals surface area (Å²) in [6.07, 6.45) is 29.2. The minimum Gasteiger partial charge on any atom is -0.340 e. The van der Waals surface area contributed by atoms with Gasteiger partial charge in [-0.25, -0.2) is 0 Å². The fraction of sp³-hybridized carbons (Fsp3) is 0.436. The molecule has 6 atom stereocenters. The lowest BCUT2D eigenvalue weighted by molar-refractivity contribution is 0.400. The Morgan fingerprint density at radius 2 is 0.479 bits per heavy atom. The molecule has 9 heterocycles. The van der Waals surface area contributed by atoms with Gasteiger partial charge in [0.05, 0.1) is 44.8 Å². The number of benzene rings is 9. The van der Waals surface area contributed by atoms with Crippen molar-refractivity contribution in [2.45, 2.75) is 276 Å². The average molecular weight is 1660 g/mol. The zero-order chi connectivity index (χ0) is 83.1. The van der Waals surface area contributed by atoms with Crippen molar-refractivity contribution in [2.24, 2.45) is 35.5 Å². The van der Waals surface area contributed by atoms with E-state index in [1.807, 2.05) is 22.7 Å². The summed E-state index contributed by atoms with van der Waals surface area (Å²) in [4.78, 5) is 4.98. The van der Waals surface area contributed by atoms with Crippen LogP contribution in [0.2, 0.25) is 0 Å². The molecule has 628 valence electrons. The first kappa shape index (κ1) is 82.9. The molecule has 0 aliphatic rings. The van der Waals surface area contributed by atoms with Gasteiger partial charge in [0.2, 0.25) is 0 Å². The summed E-state index contributed by atoms with van der Waals surface area (Å²) in [7, 11) is 0. The zero-order valence-corrected chi connectivity index (χ0v) is 77.1. The normalized spacial score (nSPS) is 14.1. The van der Waals surface area contributed by atoms with E-state index < -0.39 is 0 Å². The van der Waals surface area contributed by atoms with Gasteiger partial charge in [-0.2, -0.15) is 8.75 Å². The van der Waals surface area contributed by atoms with Crippen molar-refractivity contribution in [2.75, 3.05) is 0 Å². The van der Waals surface area contributed by atoms with E-state index in [4.69, 9.17) is 8.75 Å². The monoisotopic (exact) mass is 1660 g/mol. The maximum atomic E-state index is 5.23. The molecule has 9 aromatic heterocycles. The number of para-hydroxylation sites is 4.